The molecule has 1 fully saturated rings. The van der Waals surface area contributed by atoms with Crippen LogP contribution in [-0.4, -0.2) is 23.2 Å². The molecular weight excluding hydrogens is 318 g/mol. The standard InChI is InChI=1S/C19H17N3O3/c1-24-15-7-3-5-13(11-15)17-16(22-19(23)25-17)12-4-2-6-14(10-12)18-20-8-9-21-18/h2-11,16-17H,1H3,(H,20,21)(H,22,23)/t16-,17-/m1/s1. The van der Waals surface area contributed by atoms with E-state index in [1.54, 1.807) is 19.5 Å². The van der Waals surface area contributed by atoms with E-state index in [4.69, 9.17) is 9.47 Å². The van der Waals surface area contributed by atoms with Gasteiger partial charge in [-0.25, -0.2) is 9.78 Å². The summed E-state index contributed by atoms with van der Waals surface area (Å²) in [6.45, 7) is 0. The first kappa shape index (κ1) is 15.3. The zero-order chi connectivity index (χ0) is 17.2. The second-order valence-corrected chi connectivity index (χ2v) is 5.79. The van der Waals surface area contributed by atoms with Crippen LogP contribution in [0.5, 0.6) is 5.75 Å². The molecule has 0 unspecified atom stereocenters. The van der Waals surface area contributed by atoms with Crippen LogP contribution < -0.4 is 10.1 Å². The molecule has 1 aliphatic heterocycles. The van der Waals surface area contributed by atoms with E-state index in [-0.39, 0.29) is 6.04 Å². The van der Waals surface area contributed by atoms with Gasteiger partial charge in [0.05, 0.1) is 13.2 Å². The summed E-state index contributed by atoms with van der Waals surface area (Å²) >= 11 is 0. The highest BCUT2D eigenvalue weighted by Gasteiger charge is 2.36. The van der Waals surface area contributed by atoms with Crippen LogP contribution in [0.15, 0.2) is 60.9 Å². The van der Waals surface area contributed by atoms with Gasteiger partial charge in [-0.2, -0.15) is 0 Å². The summed E-state index contributed by atoms with van der Waals surface area (Å²) in [7, 11) is 1.61. The average molecular weight is 335 g/mol. The number of carbonyl (C=O) groups excluding carboxylic acids is 1. The number of imidazole rings is 1. The first-order valence-electron chi connectivity index (χ1n) is 7.95. The third-order valence-electron chi connectivity index (χ3n) is 4.25. The number of alkyl carbamates (subject to hydrolysis) is 1. The van der Waals surface area contributed by atoms with Gasteiger partial charge in [0.15, 0.2) is 6.10 Å². The maximum Gasteiger partial charge on any atom is 0.408 e. The van der Waals surface area contributed by atoms with Crippen LogP contribution in [0.4, 0.5) is 4.79 Å². The van der Waals surface area contributed by atoms with Gasteiger partial charge in [-0.05, 0) is 29.3 Å². The molecule has 2 N–H and O–H groups in total. The van der Waals surface area contributed by atoms with Crippen molar-refractivity contribution < 1.29 is 14.3 Å². The number of ether oxygens (including phenoxy) is 2. The summed E-state index contributed by atoms with van der Waals surface area (Å²) in [6.07, 6.45) is 2.64. The lowest BCUT2D eigenvalue weighted by Gasteiger charge is -2.18. The minimum absolute atomic E-state index is 0.283. The number of hydrogen-bond donors (Lipinski definition) is 2. The lowest BCUT2D eigenvalue weighted by atomic mass is 9.95. The number of hydrogen-bond acceptors (Lipinski definition) is 4. The van der Waals surface area contributed by atoms with Crippen LogP contribution in [0.25, 0.3) is 11.4 Å². The van der Waals surface area contributed by atoms with Crippen LogP contribution in [-0.2, 0) is 4.74 Å². The Kier molecular flexibility index (Phi) is 3.85. The number of benzene rings is 2. The summed E-state index contributed by atoms with van der Waals surface area (Å²) in [4.78, 5) is 19.3. The molecule has 6 nitrogen and oxygen atoms in total. The van der Waals surface area contributed by atoms with Crippen molar-refractivity contribution in [1.82, 2.24) is 15.3 Å². The summed E-state index contributed by atoms with van der Waals surface area (Å²) in [5, 5.41) is 2.90. The number of amides is 1. The normalized spacial score (nSPS) is 19.3. The third-order valence-corrected chi connectivity index (χ3v) is 4.25. The fourth-order valence-corrected chi connectivity index (χ4v) is 3.06. The lowest BCUT2D eigenvalue weighted by Crippen LogP contribution is -2.19. The van der Waals surface area contributed by atoms with Gasteiger partial charge >= 0.3 is 6.09 Å². The maximum atomic E-state index is 11.9. The number of nitrogens with one attached hydrogen (secondary N) is 2. The molecule has 0 bridgehead atoms. The van der Waals surface area contributed by atoms with Crippen molar-refractivity contribution in [2.24, 2.45) is 0 Å². The second kappa shape index (κ2) is 6.32. The predicted molar refractivity (Wildman–Crippen MR) is 92.1 cm³/mol. The highest BCUT2D eigenvalue weighted by Crippen LogP contribution is 2.38. The molecule has 1 amide bonds. The zero-order valence-electron chi connectivity index (χ0n) is 13.6. The molecule has 2 atom stereocenters. The Labute approximate surface area is 144 Å². The number of carbonyl (C=O) groups is 1. The van der Waals surface area contributed by atoms with E-state index in [0.29, 0.717) is 0 Å². The Balaban J connectivity index is 1.70. The minimum Gasteiger partial charge on any atom is -0.497 e. The van der Waals surface area contributed by atoms with Crippen molar-refractivity contribution in [3.63, 3.8) is 0 Å². The van der Waals surface area contributed by atoms with Crippen molar-refractivity contribution in [1.29, 1.82) is 0 Å². The topological polar surface area (TPSA) is 76.2 Å². The van der Waals surface area contributed by atoms with Gasteiger partial charge in [-0.15, -0.1) is 0 Å². The Bertz CT molecular complexity index is 892. The fourth-order valence-electron chi connectivity index (χ4n) is 3.06. The number of H-pyrrole nitrogens is 1. The lowest BCUT2D eigenvalue weighted by molar-refractivity contribution is 0.132. The number of aromatic nitrogens is 2. The van der Waals surface area contributed by atoms with Crippen LogP contribution in [0, 0.1) is 0 Å². The Morgan fingerprint density at radius 1 is 1.12 bits per heavy atom. The van der Waals surface area contributed by atoms with Gasteiger partial charge in [0.25, 0.3) is 0 Å². The van der Waals surface area contributed by atoms with Crippen molar-refractivity contribution in [3.05, 3.63) is 72.1 Å². The molecule has 0 aliphatic carbocycles. The molecule has 1 aromatic heterocycles. The molecule has 126 valence electrons. The molecule has 3 aromatic rings. The number of cyclic esters (lactones) is 1. The van der Waals surface area contributed by atoms with E-state index < -0.39 is 12.2 Å². The largest absolute Gasteiger partial charge is 0.497 e. The minimum atomic E-state index is -0.429. The van der Waals surface area contributed by atoms with Gasteiger partial charge in [0.1, 0.15) is 11.6 Å². The molecular formula is C19H17N3O3. The fraction of sp³-hybridized carbons (Fsp3) is 0.158. The monoisotopic (exact) mass is 335 g/mol. The van der Waals surface area contributed by atoms with Crippen molar-refractivity contribution in [2.75, 3.05) is 7.11 Å². The SMILES string of the molecule is COc1cccc([C@H]2OC(=O)N[C@@H]2c2cccc(-c3ncc[nH]3)c2)c1. The third kappa shape index (κ3) is 2.94. The first-order chi connectivity index (χ1) is 12.2. The number of rotatable bonds is 4. The van der Waals surface area contributed by atoms with Gasteiger partial charge in [0, 0.05) is 18.0 Å². The Hall–Kier alpha value is -3.28. The first-order valence-corrected chi connectivity index (χ1v) is 7.95. The molecule has 2 heterocycles. The molecule has 0 radical (unpaired) electrons. The average Bonchev–Trinajstić information content (AvgIpc) is 3.32. The second-order valence-electron chi connectivity index (χ2n) is 5.79. The van der Waals surface area contributed by atoms with Crippen molar-refractivity contribution >= 4 is 6.09 Å². The van der Waals surface area contributed by atoms with E-state index >= 15 is 0 Å². The van der Waals surface area contributed by atoms with E-state index in [9.17, 15) is 4.79 Å². The van der Waals surface area contributed by atoms with Gasteiger partial charge < -0.3 is 19.8 Å². The highest BCUT2D eigenvalue weighted by molar-refractivity contribution is 5.71. The van der Waals surface area contributed by atoms with Crippen LogP contribution in [0.2, 0.25) is 0 Å². The summed E-state index contributed by atoms with van der Waals surface area (Å²) < 4.78 is 10.8. The van der Waals surface area contributed by atoms with Gasteiger partial charge in [-0.3, -0.25) is 0 Å². The molecule has 4 rings (SSSR count). The number of aromatic amines is 1. The van der Waals surface area contributed by atoms with Crippen LogP contribution in [0.1, 0.15) is 23.3 Å². The highest BCUT2D eigenvalue weighted by atomic mass is 16.6. The quantitative estimate of drug-likeness (QED) is 0.764. The summed E-state index contributed by atoms with van der Waals surface area (Å²) in [5.41, 5.74) is 2.78. The Morgan fingerprint density at radius 2 is 1.96 bits per heavy atom. The number of methoxy groups -OCH3 is 1. The van der Waals surface area contributed by atoms with E-state index in [2.05, 4.69) is 15.3 Å². The van der Waals surface area contributed by atoms with Gasteiger partial charge in [0.2, 0.25) is 0 Å². The van der Waals surface area contributed by atoms with E-state index in [1.807, 2.05) is 48.5 Å². The summed E-state index contributed by atoms with van der Waals surface area (Å²) in [6, 6.07) is 15.2. The zero-order valence-corrected chi connectivity index (χ0v) is 13.6. The Morgan fingerprint density at radius 3 is 2.76 bits per heavy atom. The predicted octanol–water partition coefficient (Wildman–Crippen LogP) is 3.61. The van der Waals surface area contributed by atoms with Crippen LogP contribution >= 0.6 is 0 Å². The van der Waals surface area contributed by atoms with Crippen molar-refractivity contribution in [2.45, 2.75) is 12.1 Å². The van der Waals surface area contributed by atoms with Gasteiger partial charge in [-0.1, -0.05) is 30.3 Å². The smallest absolute Gasteiger partial charge is 0.408 e. The number of nitrogens with zero attached hydrogens (tertiary/aromatic N) is 1. The van der Waals surface area contributed by atoms with E-state index in [0.717, 1.165) is 28.3 Å². The van der Waals surface area contributed by atoms with Crippen molar-refractivity contribution in [3.8, 4) is 17.1 Å². The molecule has 0 spiro atoms. The molecule has 6 heteroatoms. The molecule has 0 saturated carbocycles. The molecule has 2 aromatic carbocycles. The van der Waals surface area contributed by atoms with Crippen LogP contribution in [0.3, 0.4) is 0 Å². The molecule has 25 heavy (non-hydrogen) atoms. The molecule has 1 aliphatic rings. The molecule has 1 saturated heterocycles. The van der Waals surface area contributed by atoms with E-state index in [1.165, 1.54) is 0 Å². The maximum absolute atomic E-state index is 11.9. The summed E-state index contributed by atoms with van der Waals surface area (Å²) in [5.74, 6) is 1.51.